The van der Waals surface area contributed by atoms with Gasteiger partial charge in [0.05, 0.1) is 5.25 Å². The first kappa shape index (κ1) is 31.6. The zero-order valence-corrected chi connectivity index (χ0v) is 23.4. The molecule has 2 aliphatic heterocycles. The van der Waals surface area contributed by atoms with Gasteiger partial charge in [-0.15, -0.1) is 0 Å². The first-order valence-corrected chi connectivity index (χ1v) is 14.4. The molecule has 3 unspecified atom stereocenters. The van der Waals surface area contributed by atoms with E-state index < -0.39 is 27.5 Å². The molecular formula is C28H26F3N5O6S. The Balaban J connectivity index is 0.000000203. The molecule has 1 amide bonds. The minimum absolute atomic E-state index is 0.136. The second kappa shape index (κ2) is 12.5. The highest BCUT2D eigenvalue weighted by molar-refractivity contribution is 7.86. The quantitative estimate of drug-likeness (QED) is 0.438. The summed E-state index contributed by atoms with van der Waals surface area (Å²) in [5.41, 5.74) is 8.45. The minimum Gasteiger partial charge on any atom is -0.475 e. The van der Waals surface area contributed by atoms with E-state index in [4.69, 9.17) is 15.6 Å². The number of carboxylic acids is 1. The zero-order valence-electron chi connectivity index (χ0n) is 22.6. The lowest BCUT2D eigenvalue weighted by atomic mass is 9.84. The number of hydrogen-bond donors (Lipinski definition) is 3. The Morgan fingerprint density at radius 2 is 1.70 bits per heavy atom. The third-order valence-electron chi connectivity index (χ3n) is 6.89. The van der Waals surface area contributed by atoms with Crippen LogP contribution < -0.4 is 16.2 Å². The largest absolute Gasteiger partial charge is 0.490 e. The first-order valence-electron chi connectivity index (χ1n) is 12.9. The van der Waals surface area contributed by atoms with Crippen molar-refractivity contribution in [3.8, 4) is 0 Å². The number of amidine groups is 1. The number of halogens is 3. The van der Waals surface area contributed by atoms with Crippen molar-refractivity contribution in [3.63, 3.8) is 0 Å². The smallest absolute Gasteiger partial charge is 0.475 e. The lowest BCUT2D eigenvalue weighted by Gasteiger charge is -2.28. The Morgan fingerprint density at radius 1 is 1.07 bits per heavy atom. The number of hydrogen-bond acceptors (Lipinski definition) is 8. The SMILES string of the molecule is CC(N)CC1C=c2c(ccc3c4c(ccc23)CC=CC=4)CC1S(=O)(=O)O.O=C(O)C(F)(F)F.O=C1N=CN=C2N=CN=C12. The monoisotopic (exact) mass is 617 g/mol. The fourth-order valence-corrected chi connectivity index (χ4v) is 6.04. The van der Waals surface area contributed by atoms with Crippen molar-refractivity contribution in [1.82, 2.24) is 0 Å². The predicted molar refractivity (Wildman–Crippen MR) is 156 cm³/mol. The van der Waals surface area contributed by atoms with Gasteiger partial charge in [0.2, 0.25) is 0 Å². The van der Waals surface area contributed by atoms with Gasteiger partial charge in [-0.05, 0) is 64.4 Å². The Kier molecular flexibility index (Phi) is 9.18. The number of fused-ring (bicyclic) bond motifs is 6. The molecule has 6 rings (SSSR count). The second-order valence-electron chi connectivity index (χ2n) is 10.00. The van der Waals surface area contributed by atoms with Gasteiger partial charge in [0.1, 0.15) is 12.7 Å². The molecule has 0 radical (unpaired) electrons. The van der Waals surface area contributed by atoms with Crippen molar-refractivity contribution in [2.24, 2.45) is 31.6 Å². The summed E-state index contributed by atoms with van der Waals surface area (Å²) in [7, 11) is -4.13. The standard InChI is InChI=1S/C21H23NO3S.C5H2N4O.C2HF3O2/c1-13(22)10-16-11-20-15(12-21(16)26(23,24)25)7-9-18-17-5-3-2-4-14(17)6-8-19(18)20;10-5-3-4(7-1-6-3)8-2-9-5;3-2(4,5)1(6)7/h2-3,5-9,11,13,16,21H,4,10,12,22H2,1H3,(H,23,24,25);1-2H;(H,6,7). The van der Waals surface area contributed by atoms with Gasteiger partial charge in [0, 0.05) is 6.04 Å². The van der Waals surface area contributed by atoms with Crippen molar-refractivity contribution in [2.75, 3.05) is 0 Å². The van der Waals surface area contributed by atoms with Crippen LogP contribution in [0.15, 0.2) is 56.4 Å². The zero-order chi connectivity index (χ0) is 31.5. The van der Waals surface area contributed by atoms with E-state index in [-0.39, 0.29) is 23.6 Å². The van der Waals surface area contributed by atoms with E-state index in [0.717, 1.165) is 22.6 Å². The summed E-state index contributed by atoms with van der Waals surface area (Å²) in [6.45, 7) is 1.87. The van der Waals surface area contributed by atoms with Crippen LogP contribution in [0.3, 0.4) is 0 Å². The molecule has 0 bridgehead atoms. The number of amides is 1. The number of allylic oxidation sites excluding steroid dienone is 2. The van der Waals surface area contributed by atoms with Crippen LogP contribution in [0.2, 0.25) is 0 Å². The Hall–Kier alpha value is -4.34. The number of carbonyl (C=O) groups is 2. The fourth-order valence-electron chi connectivity index (χ4n) is 5.02. The molecule has 3 atom stereocenters. The van der Waals surface area contributed by atoms with Crippen LogP contribution in [0.1, 0.15) is 24.5 Å². The van der Waals surface area contributed by atoms with Crippen molar-refractivity contribution in [2.45, 2.75) is 43.7 Å². The molecule has 2 aromatic carbocycles. The van der Waals surface area contributed by atoms with E-state index in [1.807, 2.05) is 19.1 Å². The number of nitrogens with zero attached hydrogens (tertiary/aromatic N) is 4. The third-order valence-corrected chi connectivity index (χ3v) is 8.17. The minimum atomic E-state index is -5.08. The number of rotatable bonds is 3. The van der Waals surface area contributed by atoms with Crippen LogP contribution in [0.5, 0.6) is 0 Å². The Labute approximate surface area is 243 Å². The molecule has 15 heteroatoms. The van der Waals surface area contributed by atoms with Crippen molar-refractivity contribution in [3.05, 3.63) is 58.0 Å². The number of benzene rings is 2. The molecule has 0 saturated carbocycles. The van der Waals surface area contributed by atoms with Gasteiger partial charge >= 0.3 is 18.1 Å². The molecule has 226 valence electrons. The van der Waals surface area contributed by atoms with Gasteiger partial charge in [-0.3, -0.25) is 9.35 Å². The molecule has 2 aromatic rings. The Morgan fingerprint density at radius 3 is 2.30 bits per heavy atom. The van der Waals surface area contributed by atoms with Gasteiger partial charge in [0.15, 0.2) is 11.5 Å². The number of carbonyl (C=O) groups excluding carboxylic acids is 1. The van der Waals surface area contributed by atoms with Crippen molar-refractivity contribution in [1.29, 1.82) is 0 Å². The topological polar surface area (TPSA) is 184 Å². The van der Waals surface area contributed by atoms with E-state index in [2.05, 4.69) is 56.4 Å². The van der Waals surface area contributed by atoms with Crippen LogP contribution in [0, 0.1) is 5.92 Å². The summed E-state index contributed by atoms with van der Waals surface area (Å²) in [5.74, 6) is -3.06. The first-order chi connectivity index (χ1) is 20.2. The average molecular weight is 618 g/mol. The van der Waals surface area contributed by atoms with E-state index in [1.165, 1.54) is 28.8 Å². The maximum absolute atomic E-state index is 11.9. The second-order valence-corrected chi connectivity index (χ2v) is 11.6. The third kappa shape index (κ3) is 7.36. The number of aliphatic imine (C=N–C) groups is 4. The summed E-state index contributed by atoms with van der Waals surface area (Å²) >= 11 is 0. The van der Waals surface area contributed by atoms with Gasteiger partial charge < -0.3 is 10.8 Å². The van der Waals surface area contributed by atoms with E-state index in [0.29, 0.717) is 18.7 Å². The maximum Gasteiger partial charge on any atom is 0.490 e. The molecule has 0 spiro atoms. The van der Waals surface area contributed by atoms with Gasteiger partial charge in [-0.2, -0.15) is 26.6 Å². The normalized spacial score (nSPS) is 20.5. The van der Waals surface area contributed by atoms with Crippen molar-refractivity contribution >= 4 is 69.1 Å². The van der Waals surface area contributed by atoms with Gasteiger partial charge in [0.25, 0.3) is 10.1 Å². The Bertz CT molecular complexity index is 1860. The molecule has 0 fully saturated rings. The fraction of sp³-hybridized carbons (Fsp3) is 0.286. The summed E-state index contributed by atoms with van der Waals surface area (Å²) in [5, 5.41) is 10.9. The lowest BCUT2D eigenvalue weighted by Crippen LogP contribution is -2.39. The summed E-state index contributed by atoms with van der Waals surface area (Å²) in [4.78, 5) is 34.2. The van der Waals surface area contributed by atoms with Crippen LogP contribution in [0.25, 0.3) is 22.9 Å². The number of nitrogens with two attached hydrogens (primary N) is 1. The van der Waals surface area contributed by atoms with Gasteiger partial charge in [-0.1, -0.05) is 48.6 Å². The van der Waals surface area contributed by atoms with Crippen LogP contribution >= 0.6 is 0 Å². The van der Waals surface area contributed by atoms with E-state index >= 15 is 0 Å². The molecule has 11 nitrogen and oxygen atoms in total. The maximum atomic E-state index is 11.9. The number of carboxylic acid groups (broad SMARTS) is 1. The van der Waals surface area contributed by atoms with E-state index in [9.17, 15) is 30.9 Å². The summed E-state index contributed by atoms with van der Waals surface area (Å²) in [6.07, 6.45) is 7.54. The molecule has 2 heterocycles. The molecule has 0 aromatic heterocycles. The van der Waals surface area contributed by atoms with E-state index in [1.54, 1.807) is 0 Å². The number of aliphatic carboxylic acids is 1. The molecular weight excluding hydrogens is 591 g/mol. The average Bonchev–Trinajstić information content (AvgIpc) is 3.42. The van der Waals surface area contributed by atoms with Gasteiger partial charge in [-0.25, -0.2) is 19.8 Å². The molecule has 4 aliphatic rings. The van der Waals surface area contributed by atoms with Crippen LogP contribution in [-0.4, -0.2) is 71.6 Å². The highest BCUT2D eigenvalue weighted by Gasteiger charge is 2.38. The van der Waals surface area contributed by atoms with Crippen molar-refractivity contribution < 1.29 is 40.8 Å². The molecule has 4 N–H and O–H groups in total. The van der Waals surface area contributed by atoms with Crippen LogP contribution in [-0.2, 0) is 32.5 Å². The number of alkyl halides is 3. The molecule has 43 heavy (non-hydrogen) atoms. The lowest BCUT2D eigenvalue weighted by molar-refractivity contribution is -0.192. The molecule has 0 saturated heterocycles. The highest BCUT2D eigenvalue weighted by Crippen LogP contribution is 2.27. The summed E-state index contributed by atoms with van der Waals surface area (Å²) < 4.78 is 65.3. The highest BCUT2D eigenvalue weighted by atomic mass is 32.2. The summed E-state index contributed by atoms with van der Waals surface area (Å²) in [6, 6.07) is 8.22. The molecule has 2 aliphatic carbocycles. The predicted octanol–water partition coefficient (Wildman–Crippen LogP) is 1.75. The van der Waals surface area contributed by atoms with Crippen LogP contribution in [0.4, 0.5) is 13.2 Å².